The normalized spacial score (nSPS) is 14.2. The van der Waals surface area contributed by atoms with Gasteiger partial charge in [0.1, 0.15) is 5.75 Å². The number of rotatable bonds is 10. The number of piperazine rings is 1. The Morgan fingerprint density at radius 3 is 2.36 bits per heavy atom. The molecule has 0 N–H and O–H groups in total. The third-order valence-electron chi connectivity index (χ3n) is 6.64. The van der Waals surface area contributed by atoms with Gasteiger partial charge in [0, 0.05) is 52.2 Å². The maximum absolute atomic E-state index is 13.4. The number of carbonyl (C=O) groups is 1. The standard InChI is InChI=1S/C27H34N4O5/c1-3-36-25(32)13-8-14-30-22-10-5-4-9-21(22)26(33)31(27(30)34)20-17-28-15-18-29(19-16-28)23-11-6-7-12-24(23)35-2/h4-7,9-12H,3,8,13-20H2,1-2H3. The summed E-state index contributed by atoms with van der Waals surface area (Å²) in [4.78, 5) is 42.9. The summed E-state index contributed by atoms with van der Waals surface area (Å²) >= 11 is 0. The van der Waals surface area contributed by atoms with Gasteiger partial charge in [-0.2, -0.15) is 0 Å². The van der Waals surface area contributed by atoms with Crippen molar-refractivity contribution in [2.24, 2.45) is 0 Å². The molecule has 0 saturated carbocycles. The quantitative estimate of drug-likeness (QED) is 0.400. The lowest BCUT2D eigenvalue weighted by Gasteiger charge is -2.36. The first-order valence-electron chi connectivity index (χ1n) is 12.5. The number of nitrogens with zero attached hydrogens (tertiary/aromatic N) is 4. The molecule has 1 aliphatic heterocycles. The minimum absolute atomic E-state index is 0.226. The molecule has 1 aliphatic rings. The van der Waals surface area contributed by atoms with E-state index in [1.54, 1.807) is 36.8 Å². The molecule has 0 spiro atoms. The van der Waals surface area contributed by atoms with Crippen LogP contribution < -0.4 is 20.9 Å². The predicted molar refractivity (Wildman–Crippen MR) is 140 cm³/mol. The third kappa shape index (κ3) is 5.62. The lowest BCUT2D eigenvalue weighted by atomic mass is 10.2. The lowest BCUT2D eigenvalue weighted by Crippen LogP contribution is -2.49. The van der Waals surface area contributed by atoms with E-state index in [9.17, 15) is 14.4 Å². The molecule has 36 heavy (non-hydrogen) atoms. The number of methoxy groups -OCH3 is 1. The first kappa shape index (κ1) is 25.5. The minimum atomic E-state index is -0.338. The summed E-state index contributed by atoms with van der Waals surface area (Å²) < 4.78 is 13.4. The van der Waals surface area contributed by atoms with Gasteiger partial charge in [-0.15, -0.1) is 0 Å². The summed E-state index contributed by atoms with van der Waals surface area (Å²) in [5.41, 5.74) is 1.06. The molecule has 9 nitrogen and oxygen atoms in total. The van der Waals surface area contributed by atoms with E-state index in [4.69, 9.17) is 9.47 Å². The van der Waals surface area contributed by atoms with Crippen LogP contribution >= 0.6 is 0 Å². The van der Waals surface area contributed by atoms with Gasteiger partial charge in [-0.25, -0.2) is 4.79 Å². The highest BCUT2D eigenvalue weighted by Gasteiger charge is 2.20. The Labute approximate surface area is 210 Å². The molecule has 4 rings (SSSR count). The lowest BCUT2D eigenvalue weighted by molar-refractivity contribution is -0.143. The average molecular weight is 495 g/mol. The second kappa shape index (κ2) is 11.9. The van der Waals surface area contributed by atoms with Crippen LogP contribution in [0.5, 0.6) is 5.75 Å². The molecule has 2 aromatic carbocycles. The van der Waals surface area contributed by atoms with E-state index in [0.29, 0.717) is 43.6 Å². The highest BCUT2D eigenvalue weighted by molar-refractivity contribution is 5.77. The Bertz CT molecular complexity index is 1310. The molecular weight excluding hydrogens is 460 g/mol. The largest absolute Gasteiger partial charge is 0.495 e. The zero-order chi connectivity index (χ0) is 25.5. The SMILES string of the molecule is CCOC(=O)CCCn1c(=O)n(CCN2CCN(c3ccccc3OC)CC2)c(=O)c2ccccc21. The highest BCUT2D eigenvalue weighted by atomic mass is 16.5. The van der Waals surface area contributed by atoms with Gasteiger partial charge < -0.3 is 14.4 Å². The summed E-state index contributed by atoms with van der Waals surface area (Å²) in [5, 5.41) is 0.509. The Morgan fingerprint density at radius 2 is 1.61 bits per heavy atom. The first-order valence-corrected chi connectivity index (χ1v) is 12.5. The number of esters is 1. The molecule has 0 atom stereocenters. The van der Waals surface area contributed by atoms with Gasteiger partial charge in [0.05, 0.1) is 30.3 Å². The van der Waals surface area contributed by atoms with Gasteiger partial charge >= 0.3 is 11.7 Å². The number of benzene rings is 2. The van der Waals surface area contributed by atoms with Crippen LogP contribution in [0.4, 0.5) is 5.69 Å². The smallest absolute Gasteiger partial charge is 0.331 e. The second-order valence-corrected chi connectivity index (χ2v) is 8.82. The number of aryl methyl sites for hydroxylation is 1. The number of para-hydroxylation sites is 3. The van der Waals surface area contributed by atoms with Crippen LogP contribution in [0.25, 0.3) is 10.9 Å². The molecular formula is C27H34N4O5. The molecule has 1 fully saturated rings. The van der Waals surface area contributed by atoms with Crippen molar-refractivity contribution in [3.63, 3.8) is 0 Å². The molecule has 0 radical (unpaired) electrons. The van der Waals surface area contributed by atoms with Crippen molar-refractivity contribution < 1.29 is 14.3 Å². The molecule has 3 aromatic rings. The second-order valence-electron chi connectivity index (χ2n) is 8.82. The van der Waals surface area contributed by atoms with Crippen molar-refractivity contribution in [2.75, 3.05) is 51.3 Å². The topological polar surface area (TPSA) is 86.0 Å². The van der Waals surface area contributed by atoms with E-state index in [1.807, 2.05) is 24.3 Å². The fourth-order valence-electron chi connectivity index (χ4n) is 4.74. The fourth-order valence-corrected chi connectivity index (χ4v) is 4.74. The van der Waals surface area contributed by atoms with Gasteiger partial charge in [-0.1, -0.05) is 24.3 Å². The molecule has 0 amide bonds. The maximum Gasteiger partial charge on any atom is 0.331 e. The van der Waals surface area contributed by atoms with Crippen LogP contribution in [0.1, 0.15) is 19.8 Å². The van der Waals surface area contributed by atoms with Crippen molar-refractivity contribution in [3.8, 4) is 5.75 Å². The van der Waals surface area contributed by atoms with Crippen molar-refractivity contribution in [2.45, 2.75) is 32.9 Å². The highest BCUT2D eigenvalue weighted by Crippen LogP contribution is 2.28. The summed E-state index contributed by atoms with van der Waals surface area (Å²) in [6, 6.07) is 15.1. The van der Waals surface area contributed by atoms with Crippen LogP contribution in [0.3, 0.4) is 0 Å². The van der Waals surface area contributed by atoms with Gasteiger partial charge in [0.25, 0.3) is 5.56 Å². The molecule has 9 heteroatoms. The number of anilines is 1. The zero-order valence-corrected chi connectivity index (χ0v) is 21.0. The number of hydrogen-bond donors (Lipinski definition) is 0. The van der Waals surface area contributed by atoms with Crippen LogP contribution in [0.2, 0.25) is 0 Å². The molecule has 0 aliphatic carbocycles. The average Bonchev–Trinajstić information content (AvgIpc) is 2.91. The van der Waals surface area contributed by atoms with E-state index >= 15 is 0 Å². The summed E-state index contributed by atoms with van der Waals surface area (Å²) in [6.45, 7) is 6.70. The number of aromatic nitrogens is 2. The number of hydrogen-bond acceptors (Lipinski definition) is 7. The van der Waals surface area contributed by atoms with Gasteiger partial charge in [-0.05, 0) is 37.6 Å². The summed E-state index contributed by atoms with van der Waals surface area (Å²) in [7, 11) is 1.68. The Morgan fingerprint density at radius 1 is 0.889 bits per heavy atom. The summed E-state index contributed by atoms with van der Waals surface area (Å²) in [5.74, 6) is 0.576. The van der Waals surface area contributed by atoms with E-state index in [1.165, 1.54) is 4.57 Å². The number of ether oxygens (including phenoxy) is 2. The van der Waals surface area contributed by atoms with Crippen LogP contribution in [0, 0.1) is 0 Å². The van der Waals surface area contributed by atoms with Crippen LogP contribution in [-0.4, -0.2) is 66.4 Å². The molecule has 2 heterocycles. The van der Waals surface area contributed by atoms with Gasteiger partial charge in [0.2, 0.25) is 0 Å². The van der Waals surface area contributed by atoms with Crippen molar-refractivity contribution in [3.05, 3.63) is 69.4 Å². The number of fused-ring (bicyclic) bond motifs is 1. The fraction of sp³-hybridized carbons (Fsp3) is 0.444. The monoisotopic (exact) mass is 494 g/mol. The Kier molecular flexibility index (Phi) is 8.43. The van der Waals surface area contributed by atoms with Crippen LogP contribution in [-0.2, 0) is 22.6 Å². The third-order valence-corrected chi connectivity index (χ3v) is 6.64. The molecule has 1 saturated heterocycles. The maximum atomic E-state index is 13.4. The molecule has 0 unspecified atom stereocenters. The zero-order valence-electron chi connectivity index (χ0n) is 21.0. The van der Waals surface area contributed by atoms with E-state index in [-0.39, 0.29) is 23.6 Å². The van der Waals surface area contributed by atoms with E-state index < -0.39 is 0 Å². The molecule has 0 bridgehead atoms. The first-order chi connectivity index (χ1) is 17.5. The van der Waals surface area contributed by atoms with Crippen molar-refractivity contribution >= 4 is 22.6 Å². The van der Waals surface area contributed by atoms with E-state index in [2.05, 4.69) is 15.9 Å². The van der Waals surface area contributed by atoms with Gasteiger partial charge in [0.15, 0.2) is 0 Å². The van der Waals surface area contributed by atoms with Crippen LogP contribution in [0.15, 0.2) is 58.1 Å². The van der Waals surface area contributed by atoms with Crippen molar-refractivity contribution in [1.82, 2.24) is 14.0 Å². The molecule has 1 aromatic heterocycles. The minimum Gasteiger partial charge on any atom is -0.495 e. The Hall–Kier alpha value is -3.59. The summed E-state index contributed by atoms with van der Waals surface area (Å²) in [6.07, 6.45) is 0.691. The van der Waals surface area contributed by atoms with Gasteiger partial charge in [-0.3, -0.25) is 23.6 Å². The predicted octanol–water partition coefficient (Wildman–Crippen LogP) is 2.34. The number of carbonyl (C=O) groups excluding carboxylic acids is 1. The van der Waals surface area contributed by atoms with E-state index in [0.717, 1.165) is 37.6 Å². The Balaban J connectivity index is 1.46. The van der Waals surface area contributed by atoms with Crippen molar-refractivity contribution in [1.29, 1.82) is 0 Å². The molecule has 192 valence electrons.